The fourth-order valence-corrected chi connectivity index (χ4v) is 3.85. The number of amides is 2. The zero-order valence-electron chi connectivity index (χ0n) is 14.1. The van der Waals surface area contributed by atoms with E-state index >= 15 is 0 Å². The van der Waals surface area contributed by atoms with Gasteiger partial charge in [0.15, 0.2) is 0 Å². The lowest BCUT2D eigenvalue weighted by molar-refractivity contribution is -0.137. The van der Waals surface area contributed by atoms with Crippen LogP contribution in [0.2, 0.25) is 0 Å². The largest absolute Gasteiger partial charge is 0.416 e. The van der Waals surface area contributed by atoms with E-state index in [1.807, 2.05) is 11.0 Å². The van der Waals surface area contributed by atoms with Crippen LogP contribution in [0.1, 0.15) is 18.4 Å². The molecule has 26 heavy (non-hydrogen) atoms. The minimum Gasteiger partial charge on any atom is -0.369 e. The van der Waals surface area contributed by atoms with Gasteiger partial charge in [0.1, 0.15) is 0 Å². The highest BCUT2D eigenvalue weighted by Crippen LogP contribution is 2.34. The Bertz CT molecular complexity index is 839. The number of pyridine rings is 1. The Hall–Kier alpha value is -2.51. The molecule has 5 nitrogen and oxygen atoms in total. The molecule has 1 N–H and O–H groups in total. The first-order valence-corrected chi connectivity index (χ1v) is 8.69. The molecule has 0 spiro atoms. The van der Waals surface area contributed by atoms with E-state index in [4.69, 9.17) is 0 Å². The average molecular weight is 364 g/mol. The molecule has 1 atom stereocenters. The van der Waals surface area contributed by atoms with Gasteiger partial charge < -0.3 is 15.1 Å². The van der Waals surface area contributed by atoms with E-state index in [0.29, 0.717) is 30.5 Å². The number of carbonyl (C=O) groups is 1. The fourth-order valence-electron chi connectivity index (χ4n) is 3.85. The van der Waals surface area contributed by atoms with Gasteiger partial charge in [-0.15, -0.1) is 0 Å². The predicted molar refractivity (Wildman–Crippen MR) is 92.1 cm³/mol. The van der Waals surface area contributed by atoms with E-state index in [1.165, 1.54) is 6.07 Å². The lowest BCUT2D eigenvalue weighted by Gasteiger charge is -2.38. The summed E-state index contributed by atoms with van der Waals surface area (Å²) in [6.45, 7) is 2.84. The van der Waals surface area contributed by atoms with Gasteiger partial charge in [0.25, 0.3) is 0 Å². The first kappa shape index (κ1) is 16.9. The van der Waals surface area contributed by atoms with Crippen molar-refractivity contribution in [3.63, 3.8) is 0 Å². The van der Waals surface area contributed by atoms with Crippen molar-refractivity contribution in [2.24, 2.45) is 0 Å². The summed E-state index contributed by atoms with van der Waals surface area (Å²) in [5, 5.41) is 3.52. The van der Waals surface area contributed by atoms with Gasteiger partial charge in [0.2, 0.25) is 0 Å². The van der Waals surface area contributed by atoms with Crippen LogP contribution in [0.3, 0.4) is 0 Å². The molecular formula is C18H19F3N4O. The van der Waals surface area contributed by atoms with Gasteiger partial charge in [-0.2, -0.15) is 13.2 Å². The number of carbonyl (C=O) groups excluding carboxylic acids is 1. The average Bonchev–Trinajstić information content (AvgIpc) is 3.06. The number of halogens is 3. The number of aromatic nitrogens is 1. The molecule has 0 radical (unpaired) electrons. The molecule has 2 amide bonds. The zero-order chi connectivity index (χ0) is 18.3. The Labute approximate surface area is 148 Å². The molecule has 0 saturated carbocycles. The smallest absolute Gasteiger partial charge is 0.369 e. The first-order valence-electron chi connectivity index (χ1n) is 8.69. The lowest BCUT2D eigenvalue weighted by atomic mass is 10.0. The van der Waals surface area contributed by atoms with Crippen molar-refractivity contribution in [2.75, 3.05) is 31.1 Å². The number of urea groups is 1. The Morgan fingerprint density at radius 3 is 2.77 bits per heavy atom. The SMILES string of the molecule is O=C1NCCN1C1CCCN(c2ccnc3cc(C(F)(F)F)ccc23)C1. The number of hydrogen-bond donors (Lipinski definition) is 1. The van der Waals surface area contributed by atoms with Crippen LogP contribution in [-0.2, 0) is 6.18 Å². The summed E-state index contributed by atoms with van der Waals surface area (Å²) >= 11 is 0. The molecule has 138 valence electrons. The third-order valence-electron chi connectivity index (χ3n) is 5.11. The lowest BCUT2D eigenvalue weighted by Crippen LogP contribution is -2.49. The molecule has 1 unspecified atom stereocenters. The molecule has 2 aliphatic heterocycles. The van der Waals surface area contributed by atoms with E-state index in [-0.39, 0.29) is 12.1 Å². The van der Waals surface area contributed by atoms with Gasteiger partial charge in [0, 0.05) is 43.4 Å². The molecule has 0 aliphatic carbocycles. The molecule has 2 saturated heterocycles. The van der Waals surface area contributed by atoms with E-state index in [2.05, 4.69) is 15.2 Å². The van der Waals surface area contributed by atoms with Crippen LogP contribution >= 0.6 is 0 Å². The number of nitrogens with zero attached hydrogens (tertiary/aromatic N) is 3. The third-order valence-corrected chi connectivity index (χ3v) is 5.11. The van der Waals surface area contributed by atoms with E-state index in [1.54, 1.807) is 6.20 Å². The number of hydrogen-bond acceptors (Lipinski definition) is 3. The number of anilines is 1. The van der Waals surface area contributed by atoms with Gasteiger partial charge in [-0.1, -0.05) is 6.07 Å². The summed E-state index contributed by atoms with van der Waals surface area (Å²) in [4.78, 5) is 20.1. The third kappa shape index (κ3) is 3.04. The van der Waals surface area contributed by atoms with Crippen molar-refractivity contribution in [2.45, 2.75) is 25.1 Å². The van der Waals surface area contributed by atoms with Crippen molar-refractivity contribution in [3.8, 4) is 0 Å². The maximum atomic E-state index is 13.0. The quantitative estimate of drug-likeness (QED) is 0.890. The van der Waals surface area contributed by atoms with Crippen LogP contribution < -0.4 is 10.2 Å². The molecule has 1 aromatic carbocycles. The first-order chi connectivity index (χ1) is 12.4. The molecule has 8 heteroatoms. The van der Waals surface area contributed by atoms with Crippen molar-refractivity contribution in [1.29, 1.82) is 0 Å². The Kier molecular flexibility index (Phi) is 4.13. The summed E-state index contributed by atoms with van der Waals surface area (Å²) in [6, 6.07) is 5.60. The summed E-state index contributed by atoms with van der Waals surface area (Å²) in [5.41, 5.74) is 0.506. The van der Waals surface area contributed by atoms with E-state index in [0.717, 1.165) is 37.2 Å². The summed E-state index contributed by atoms with van der Waals surface area (Å²) in [5.74, 6) is 0. The maximum absolute atomic E-state index is 13.0. The highest BCUT2D eigenvalue weighted by molar-refractivity contribution is 5.92. The second-order valence-electron chi connectivity index (χ2n) is 6.73. The van der Waals surface area contributed by atoms with Crippen molar-refractivity contribution < 1.29 is 18.0 Å². The van der Waals surface area contributed by atoms with Gasteiger partial charge in [-0.25, -0.2) is 4.79 Å². The number of nitrogens with one attached hydrogen (secondary N) is 1. The van der Waals surface area contributed by atoms with Crippen LogP contribution in [-0.4, -0.2) is 48.1 Å². The van der Waals surface area contributed by atoms with E-state index in [9.17, 15) is 18.0 Å². The van der Waals surface area contributed by atoms with Crippen molar-refractivity contribution in [3.05, 3.63) is 36.0 Å². The van der Waals surface area contributed by atoms with Crippen LogP contribution in [0.15, 0.2) is 30.5 Å². The second kappa shape index (κ2) is 6.34. The second-order valence-corrected chi connectivity index (χ2v) is 6.73. The Morgan fingerprint density at radius 2 is 2.04 bits per heavy atom. The molecule has 1 aromatic heterocycles. The molecule has 3 heterocycles. The molecule has 0 bridgehead atoms. The molecular weight excluding hydrogens is 345 g/mol. The minimum atomic E-state index is -4.38. The normalized spacial score (nSPS) is 21.3. The van der Waals surface area contributed by atoms with Crippen LogP contribution in [0, 0.1) is 0 Å². The van der Waals surface area contributed by atoms with Crippen LogP contribution in [0.5, 0.6) is 0 Å². The zero-order valence-corrected chi connectivity index (χ0v) is 14.1. The predicted octanol–water partition coefficient (Wildman–Crippen LogP) is 3.25. The fraction of sp³-hybridized carbons (Fsp3) is 0.444. The van der Waals surface area contributed by atoms with Gasteiger partial charge >= 0.3 is 12.2 Å². The number of fused-ring (bicyclic) bond motifs is 1. The van der Waals surface area contributed by atoms with Crippen LogP contribution in [0.4, 0.5) is 23.7 Å². The summed E-state index contributed by atoms with van der Waals surface area (Å²) in [6.07, 6.45) is -0.973. The number of piperidine rings is 1. The highest BCUT2D eigenvalue weighted by Gasteiger charge is 2.33. The summed E-state index contributed by atoms with van der Waals surface area (Å²) in [7, 11) is 0. The molecule has 2 aromatic rings. The van der Waals surface area contributed by atoms with E-state index < -0.39 is 11.7 Å². The monoisotopic (exact) mass is 364 g/mol. The van der Waals surface area contributed by atoms with Gasteiger partial charge in [0.05, 0.1) is 17.1 Å². The highest BCUT2D eigenvalue weighted by atomic mass is 19.4. The molecule has 2 fully saturated rings. The minimum absolute atomic E-state index is 0.0359. The standard InChI is InChI=1S/C18H19F3N4O/c19-18(20,21)12-3-4-14-15(10-12)22-6-5-16(14)24-8-1-2-13(11-24)25-9-7-23-17(25)26/h3-6,10,13H,1-2,7-9,11H2,(H,23,26). The van der Waals surface area contributed by atoms with Gasteiger partial charge in [-0.3, -0.25) is 4.98 Å². The Balaban J connectivity index is 1.64. The topological polar surface area (TPSA) is 48.5 Å². The van der Waals surface area contributed by atoms with Crippen LogP contribution in [0.25, 0.3) is 10.9 Å². The number of alkyl halides is 3. The van der Waals surface area contributed by atoms with Gasteiger partial charge in [-0.05, 0) is 31.0 Å². The summed E-state index contributed by atoms with van der Waals surface area (Å²) < 4.78 is 38.9. The number of rotatable bonds is 2. The van der Waals surface area contributed by atoms with Crippen molar-refractivity contribution in [1.82, 2.24) is 15.2 Å². The van der Waals surface area contributed by atoms with Crippen molar-refractivity contribution >= 4 is 22.6 Å². The maximum Gasteiger partial charge on any atom is 0.416 e. The number of benzene rings is 1. The Morgan fingerprint density at radius 1 is 1.19 bits per heavy atom. The molecule has 2 aliphatic rings. The molecule has 4 rings (SSSR count).